The van der Waals surface area contributed by atoms with E-state index in [0.29, 0.717) is 5.69 Å². The molecule has 1 aliphatic rings. The van der Waals surface area contributed by atoms with Crippen LogP contribution >= 0.6 is 0 Å². The second-order valence-corrected chi connectivity index (χ2v) is 5.35. The molecule has 0 radical (unpaired) electrons. The zero-order chi connectivity index (χ0) is 13.1. The van der Waals surface area contributed by atoms with Gasteiger partial charge in [0.05, 0.1) is 5.69 Å². The summed E-state index contributed by atoms with van der Waals surface area (Å²) in [4.78, 5) is 6.52. The van der Waals surface area contributed by atoms with Crippen LogP contribution in [0.15, 0.2) is 18.3 Å². The summed E-state index contributed by atoms with van der Waals surface area (Å²) in [5, 5.41) is 7.59. The maximum absolute atomic E-state index is 7.59. The Balaban J connectivity index is 2.12. The van der Waals surface area contributed by atoms with Crippen LogP contribution in [0.3, 0.4) is 0 Å². The lowest BCUT2D eigenvalue weighted by Crippen LogP contribution is -2.36. The summed E-state index contributed by atoms with van der Waals surface area (Å²) in [6, 6.07) is 3.93. The fourth-order valence-electron chi connectivity index (χ4n) is 2.67. The molecule has 0 aliphatic carbocycles. The number of amidine groups is 1. The molecular formula is C14H22N4. The number of nitrogens with two attached hydrogens (primary N) is 1. The molecule has 1 aromatic heterocycles. The van der Waals surface area contributed by atoms with Gasteiger partial charge in [-0.3, -0.25) is 10.4 Å². The number of nitrogens with zero attached hydrogens (tertiary/aromatic N) is 2. The molecule has 1 aliphatic heterocycles. The Morgan fingerprint density at radius 1 is 1.44 bits per heavy atom. The average molecular weight is 246 g/mol. The Morgan fingerprint density at radius 2 is 2.11 bits per heavy atom. The predicted molar refractivity (Wildman–Crippen MR) is 75.0 cm³/mol. The Morgan fingerprint density at radius 3 is 2.67 bits per heavy atom. The molecule has 0 unspecified atom stereocenters. The molecular weight excluding hydrogens is 224 g/mol. The van der Waals surface area contributed by atoms with Crippen molar-refractivity contribution in [1.29, 1.82) is 5.41 Å². The van der Waals surface area contributed by atoms with E-state index in [1.807, 2.05) is 12.1 Å². The lowest BCUT2D eigenvalue weighted by molar-refractivity contribution is 0.311. The first kappa shape index (κ1) is 12.9. The largest absolute Gasteiger partial charge is 0.382 e. The Hall–Kier alpha value is -1.58. The standard InChI is InChI=1S/C14H22N4/c1-10(2)11-5-8-18(9-6-11)12-4-3-7-17-13(12)14(15)16/h3-4,7,10-11H,5-6,8-9H2,1-2H3,(H3,15,16). The molecule has 98 valence electrons. The van der Waals surface area contributed by atoms with Crippen molar-refractivity contribution in [1.82, 2.24) is 4.98 Å². The van der Waals surface area contributed by atoms with E-state index in [1.165, 1.54) is 12.8 Å². The SMILES string of the molecule is CC(C)C1CCN(c2cccnc2C(=N)N)CC1. The third kappa shape index (κ3) is 2.63. The van der Waals surface area contributed by atoms with Crippen molar-refractivity contribution in [3.63, 3.8) is 0 Å². The van der Waals surface area contributed by atoms with E-state index in [9.17, 15) is 0 Å². The van der Waals surface area contributed by atoms with Crippen LogP contribution in [0.2, 0.25) is 0 Å². The molecule has 1 fully saturated rings. The van der Waals surface area contributed by atoms with Crippen molar-refractivity contribution >= 4 is 11.5 Å². The summed E-state index contributed by atoms with van der Waals surface area (Å²) < 4.78 is 0. The Labute approximate surface area is 109 Å². The van der Waals surface area contributed by atoms with E-state index >= 15 is 0 Å². The highest BCUT2D eigenvalue weighted by Gasteiger charge is 2.23. The molecule has 2 heterocycles. The molecule has 1 aromatic rings. The highest BCUT2D eigenvalue weighted by molar-refractivity contribution is 5.98. The highest BCUT2D eigenvalue weighted by atomic mass is 15.1. The minimum Gasteiger partial charge on any atom is -0.382 e. The fraction of sp³-hybridized carbons (Fsp3) is 0.571. The quantitative estimate of drug-likeness (QED) is 0.635. The molecule has 0 aromatic carbocycles. The van der Waals surface area contributed by atoms with Gasteiger partial charge in [-0.1, -0.05) is 13.8 Å². The van der Waals surface area contributed by atoms with Crippen LogP contribution in [0.4, 0.5) is 5.69 Å². The minimum absolute atomic E-state index is 0.0524. The number of piperidine rings is 1. The molecule has 3 N–H and O–H groups in total. The number of aromatic nitrogens is 1. The Kier molecular flexibility index (Phi) is 3.84. The number of hydrogen-bond acceptors (Lipinski definition) is 3. The van der Waals surface area contributed by atoms with Gasteiger partial charge in [-0.05, 0) is 36.8 Å². The third-order valence-electron chi connectivity index (χ3n) is 3.86. The van der Waals surface area contributed by atoms with Crippen LogP contribution in [0.5, 0.6) is 0 Å². The molecule has 1 saturated heterocycles. The topological polar surface area (TPSA) is 66.0 Å². The second kappa shape index (κ2) is 5.38. The number of pyridine rings is 1. The van der Waals surface area contributed by atoms with E-state index in [1.54, 1.807) is 6.20 Å². The van der Waals surface area contributed by atoms with Crippen molar-refractivity contribution < 1.29 is 0 Å². The van der Waals surface area contributed by atoms with Crippen LogP contribution in [-0.2, 0) is 0 Å². The third-order valence-corrected chi connectivity index (χ3v) is 3.86. The molecule has 0 saturated carbocycles. The van der Waals surface area contributed by atoms with Crippen molar-refractivity contribution in [3.8, 4) is 0 Å². The maximum atomic E-state index is 7.59. The van der Waals surface area contributed by atoms with Gasteiger partial charge in [0, 0.05) is 19.3 Å². The van der Waals surface area contributed by atoms with Crippen molar-refractivity contribution in [2.45, 2.75) is 26.7 Å². The van der Waals surface area contributed by atoms with Gasteiger partial charge in [0.1, 0.15) is 11.5 Å². The zero-order valence-corrected chi connectivity index (χ0v) is 11.2. The van der Waals surface area contributed by atoms with Crippen LogP contribution in [-0.4, -0.2) is 23.9 Å². The van der Waals surface area contributed by atoms with Gasteiger partial charge in [-0.2, -0.15) is 0 Å². The summed E-state index contributed by atoms with van der Waals surface area (Å²) in [7, 11) is 0. The molecule has 0 amide bonds. The number of hydrogen-bond donors (Lipinski definition) is 2. The first-order valence-corrected chi connectivity index (χ1v) is 6.64. The first-order valence-electron chi connectivity index (χ1n) is 6.64. The van der Waals surface area contributed by atoms with Crippen molar-refractivity contribution in [2.24, 2.45) is 17.6 Å². The second-order valence-electron chi connectivity index (χ2n) is 5.35. The van der Waals surface area contributed by atoms with E-state index in [2.05, 4.69) is 23.7 Å². The van der Waals surface area contributed by atoms with Gasteiger partial charge in [0.25, 0.3) is 0 Å². The van der Waals surface area contributed by atoms with Gasteiger partial charge in [-0.25, -0.2) is 0 Å². The highest BCUT2D eigenvalue weighted by Crippen LogP contribution is 2.28. The number of nitrogen functional groups attached to an aromatic ring is 1. The Bertz CT molecular complexity index is 420. The zero-order valence-electron chi connectivity index (χ0n) is 11.2. The van der Waals surface area contributed by atoms with Crippen LogP contribution in [0.1, 0.15) is 32.4 Å². The summed E-state index contributed by atoms with van der Waals surface area (Å²) in [5.41, 5.74) is 7.21. The van der Waals surface area contributed by atoms with Gasteiger partial charge < -0.3 is 10.6 Å². The summed E-state index contributed by atoms with van der Waals surface area (Å²) in [6.45, 7) is 6.67. The lowest BCUT2D eigenvalue weighted by atomic mass is 9.86. The molecule has 2 rings (SSSR count). The minimum atomic E-state index is 0.0524. The van der Waals surface area contributed by atoms with Crippen LogP contribution < -0.4 is 10.6 Å². The van der Waals surface area contributed by atoms with E-state index < -0.39 is 0 Å². The van der Waals surface area contributed by atoms with Crippen molar-refractivity contribution in [3.05, 3.63) is 24.0 Å². The number of rotatable bonds is 3. The summed E-state index contributed by atoms with van der Waals surface area (Å²) in [6.07, 6.45) is 4.12. The van der Waals surface area contributed by atoms with E-state index in [-0.39, 0.29) is 5.84 Å². The molecule has 0 spiro atoms. The number of anilines is 1. The van der Waals surface area contributed by atoms with E-state index in [4.69, 9.17) is 11.1 Å². The predicted octanol–water partition coefficient (Wildman–Crippen LogP) is 2.24. The van der Waals surface area contributed by atoms with E-state index in [0.717, 1.165) is 30.6 Å². The molecule has 18 heavy (non-hydrogen) atoms. The van der Waals surface area contributed by atoms with Gasteiger partial charge >= 0.3 is 0 Å². The van der Waals surface area contributed by atoms with Gasteiger partial charge in [0.15, 0.2) is 0 Å². The van der Waals surface area contributed by atoms with Crippen LogP contribution in [0.25, 0.3) is 0 Å². The van der Waals surface area contributed by atoms with Gasteiger partial charge in [0.2, 0.25) is 0 Å². The van der Waals surface area contributed by atoms with Crippen LogP contribution in [0, 0.1) is 17.2 Å². The van der Waals surface area contributed by atoms with Crippen molar-refractivity contribution in [2.75, 3.05) is 18.0 Å². The first-order chi connectivity index (χ1) is 8.59. The monoisotopic (exact) mass is 246 g/mol. The molecule has 0 atom stereocenters. The van der Waals surface area contributed by atoms with Gasteiger partial charge in [-0.15, -0.1) is 0 Å². The average Bonchev–Trinajstić information content (AvgIpc) is 2.39. The molecule has 4 heteroatoms. The summed E-state index contributed by atoms with van der Waals surface area (Å²) >= 11 is 0. The number of nitrogens with one attached hydrogen (secondary N) is 1. The maximum Gasteiger partial charge on any atom is 0.143 e. The molecule has 4 nitrogen and oxygen atoms in total. The lowest BCUT2D eigenvalue weighted by Gasteiger charge is -2.35. The normalized spacial score (nSPS) is 17.2. The molecule has 0 bridgehead atoms. The fourth-order valence-corrected chi connectivity index (χ4v) is 2.67. The summed E-state index contributed by atoms with van der Waals surface area (Å²) in [5.74, 6) is 1.63. The smallest absolute Gasteiger partial charge is 0.143 e.